The van der Waals surface area contributed by atoms with Crippen LogP contribution in [0.4, 0.5) is 17.1 Å². The summed E-state index contributed by atoms with van der Waals surface area (Å²) in [4.78, 5) is 2.34. The Balaban J connectivity index is 1.21. The molecule has 11 aromatic rings. The summed E-state index contributed by atoms with van der Waals surface area (Å²) in [5.41, 5.74) is 11.4. The van der Waals surface area contributed by atoms with Crippen molar-refractivity contribution in [3.8, 4) is 11.1 Å². The minimum absolute atomic E-state index is 0.852. The highest BCUT2D eigenvalue weighted by Gasteiger charge is 2.22. The normalized spacial score (nSPS) is 12.0. The van der Waals surface area contributed by atoms with E-state index in [0.29, 0.717) is 0 Å². The Labute approximate surface area is 286 Å². The van der Waals surface area contributed by atoms with Crippen LogP contribution >= 0.6 is 0 Å². The fourth-order valence-corrected chi connectivity index (χ4v) is 7.99. The molecule has 0 spiro atoms. The number of para-hydroxylation sites is 3. The molecule has 0 fully saturated rings. The van der Waals surface area contributed by atoms with Gasteiger partial charge in [-0.3, -0.25) is 0 Å². The van der Waals surface area contributed by atoms with E-state index in [1.807, 2.05) is 24.3 Å². The number of rotatable bonds is 4. The molecule has 0 aliphatic carbocycles. The van der Waals surface area contributed by atoms with E-state index >= 15 is 0 Å². The first-order valence-electron chi connectivity index (χ1n) is 16.9. The number of fused-ring (bicyclic) bond motifs is 11. The molecule has 0 atom stereocenters. The second-order valence-electron chi connectivity index (χ2n) is 12.9. The monoisotopic (exact) mass is 640 g/mol. The number of furan rings is 2. The molecule has 0 aliphatic rings. The molecule has 0 radical (unpaired) electrons. The zero-order valence-electron chi connectivity index (χ0n) is 26.9. The molecule has 0 aliphatic heterocycles. The quantitative estimate of drug-likeness (QED) is 0.192. The summed E-state index contributed by atoms with van der Waals surface area (Å²) in [7, 11) is 0. The van der Waals surface area contributed by atoms with E-state index in [1.54, 1.807) is 0 Å². The summed E-state index contributed by atoms with van der Waals surface area (Å²) in [5, 5.41) is 8.00. The van der Waals surface area contributed by atoms with Gasteiger partial charge in [-0.1, -0.05) is 97.1 Å². The van der Waals surface area contributed by atoms with E-state index in [-0.39, 0.29) is 0 Å². The fraction of sp³-hybridized carbons (Fsp3) is 0. The summed E-state index contributed by atoms with van der Waals surface area (Å²) in [5.74, 6) is 0. The zero-order chi connectivity index (χ0) is 32.8. The van der Waals surface area contributed by atoms with Crippen molar-refractivity contribution in [2.24, 2.45) is 0 Å². The summed E-state index contributed by atoms with van der Waals surface area (Å²) in [6.45, 7) is 0. The smallest absolute Gasteiger partial charge is 0.137 e. The number of pyridine rings is 1. The van der Waals surface area contributed by atoms with Gasteiger partial charge in [0.15, 0.2) is 0 Å². The molecule has 0 unspecified atom stereocenters. The molecular formula is C46H28N2O2. The predicted molar refractivity (Wildman–Crippen MR) is 207 cm³/mol. The Morgan fingerprint density at radius 1 is 0.400 bits per heavy atom. The van der Waals surface area contributed by atoms with Crippen LogP contribution < -0.4 is 4.90 Å². The van der Waals surface area contributed by atoms with Crippen LogP contribution in [0.5, 0.6) is 0 Å². The number of hydrogen-bond acceptors (Lipinski definition) is 3. The molecule has 0 N–H and O–H groups in total. The van der Waals surface area contributed by atoms with Gasteiger partial charge in [0.2, 0.25) is 0 Å². The minimum atomic E-state index is 0.852. The maximum atomic E-state index is 6.42. The fourth-order valence-electron chi connectivity index (χ4n) is 7.99. The van der Waals surface area contributed by atoms with Crippen molar-refractivity contribution < 1.29 is 8.83 Å². The predicted octanol–water partition coefficient (Wildman–Crippen LogP) is 13.2. The van der Waals surface area contributed by atoms with Gasteiger partial charge in [0, 0.05) is 73.0 Å². The van der Waals surface area contributed by atoms with Gasteiger partial charge in [-0.25, -0.2) is 0 Å². The molecule has 4 nitrogen and oxygen atoms in total. The van der Waals surface area contributed by atoms with Crippen LogP contribution in [0.15, 0.2) is 179 Å². The third-order valence-electron chi connectivity index (χ3n) is 10.2. The Hall–Kier alpha value is -6.78. The average Bonchev–Trinajstić information content (AvgIpc) is 3.84. The lowest BCUT2D eigenvalue weighted by Crippen LogP contribution is -2.10. The van der Waals surface area contributed by atoms with Crippen molar-refractivity contribution in [3.63, 3.8) is 0 Å². The van der Waals surface area contributed by atoms with E-state index < -0.39 is 0 Å². The first-order valence-corrected chi connectivity index (χ1v) is 16.9. The highest BCUT2D eigenvalue weighted by Crippen LogP contribution is 2.45. The number of anilines is 3. The van der Waals surface area contributed by atoms with Crippen LogP contribution in [-0.4, -0.2) is 4.40 Å². The third-order valence-corrected chi connectivity index (χ3v) is 10.2. The molecule has 0 amide bonds. The zero-order valence-corrected chi connectivity index (χ0v) is 26.9. The topological polar surface area (TPSA) is 33.9 Å². The molecule has 11 rings (SSSR count). The summed E-state index contributed by atoms with van der Waals surface area (Å²) >= 11 is 0. The van der Waals surface area contributed by atoms with Crippen LogP contribution in [0, 0.1) is 0 Å². The van der Waals surface area contributed by atoms with Crippen LogP contribution in [0.25, 0.3) is 82.2 Å². The van der Waals surface area contributed by atoms with Gasteiger partial charge in [-0.15, -0.1) is 0 Å². The van der Waals surface area contributed by atoms with E-state index in [0.717, 1.165) is 66.3 Å². The van der Waals surface area contributed by atoms with Crippen LogP contribution in [0.1, 0.15) is 0 Å². The van der Waals surface area contributed by atoms with E-state index in [1.165, 1.54) is 32.9 Å². The second kappa shape index (κ2) is 10.4. The van der Waals surface area contributed by atoms with Gasteiger partial charge in [-0.2, -0.15) is 0 Å². The van der Waals surface area contributed by atoms with Crippen molar-refractivity contribution in [2.45, 2.75) is 0 Å². The van der Waals surface area contributed by atoms with E-state index in [2.05, 4.69) is 155 Å². The summed E-state index contributed by atoms with van der Waals surface area (Å²) in [6.07, 6.45) is 2.22. The second-order valence-corrected chi connectivity index (χ2v) is 12.9. The van der Waals surface area contributed by atoms with Gasteiger partial charge in [-0.05, 0) is 60.2 Å². The van der Waals surface area contributed by atoms with Crippen LogP contribution in [0.3, 0.4) is 0 Å². The van der Waals surface area contributed by atoms with Crippen molar-refractivity contribution in [1.82, 2.24) is 4.40 Å². The number of benzene rings is 7. The summed E-state index contributed by atoms with van der Waals surface area (Å²) in [6, 6.07) is 57.9. The minimum Gasteiger partial charge on any atom is -0.456 e. The maximum absolute atomic E-state index is 6.42. The molecule has 4 heterocycles. The average molecular weight is 641 g/mol. The Kier molecular flexibility index (Phi) is 5.63. The largest absolute Gasteiger partial charge is 0.456 e. The van der Waals surface area contributed by atoms with Crippen molar-refractivity contribution in [2.75, 3.05) is 4.90 Å². The van der Waals surface area contributed by atoms with Gasteiger partial charge in [0.05, 0.1) is 16.7 Å². The molecule has 4 aromatic heterocycles. The lowest BCUT2D eigenvalue weighted by molar-refractivity contribution is 0.669. The van der Waals surface area contributed by atoms with E-state index in [9.17, 15) is 0 Å². The molecule has 4 heteroatoms. The Morgan fingerprint density at radius 3 is 1.64 bits per heavy atom. The highest BCUT2D eigenvalue weighted by molar-refractivity contribution is 6.17. The number of nitrogens with zero attached hydrogens (tertiary/aromatic N) is 2. The number of hydrogen-bond donors (Lipinski definition) is 0. The molecule has 0 bridgehead atoms. The molecular weight excluding hydrogens is 613 g/mol. The van der Waals surface area contributed by atoms with Gasteiger partial charge in [0.1, 0.15) is 22.3 Å². The summed E-state index contributed by atoms with van der Waals surface area (Å²) < 4.78 is 15.2. The SMILES string of the molecule is c1ccc(-c2c3ccccc3n3ccc4c(N(c5ccc6c(c5)oc5ccccc56)c5ccc6c(c5)oc5ccccc56)cccc4c23)cc1. The Morgan fingerprint density at radius 2 is 0.960 bits per heavy atom. The lowest BCUT2D eigenvalue weighted by atomic mass is 9.99. The molecule has 0 saturated carbocycles. The lowest BCUT2D eigenvalue weighted by Gasteiger charge is -2.27. The van der Waals surface area contributed by atoms with Crippen LogP contribution in [0.2, 0.25) is 0 Å². The molecule has 234 valence electrons. The van der Waals surface area contributed by atoms with Crippen molar-refractivity contribution in [3.05, 3.63) is 170 Å². The Bertz CT molecular complexity index is 3000. The van der Waals surface area contributed by atoms with Gasteiger partial charge >= 0.3 is 0 Å². The van der Waals surface area contributed by atoms with Crippen LogP contribution in [-0.2, 0) is 0 Å². The third kappa shape index (κ3) is 3.87. The molecule has 0 saturated heterocycles. The van der Waals surface area contributed by atoms with Crippen molar-refractivity contribution in [1.29, 1.82) is 0 Å². The molecule has 7 aromatic carbocycles. The van der Waals surface area contributed by atoms with Crippen molar-refractivity contribution >= 4 is 88.1 Å². The highest BCUT2D eigenvalue weighted by atomic mass is 16.3. The maximum Gasteiger partial charge on any atom is 0.137 e. The van der Waals surface area contributed by atoms with E-state index in [4.69, 9.17) is 8.83 Å². The standard InChI is InChI=1S/C46H28N2O2/c1-2-11-29(12-3-1)45-38-15-4-7-17-39(38)47-26-25-32-37(46(45)47)16-10-18-40(32)48(30-21-23-35-33-13-5-8-19-41(33)49-43(35)27-30)31-22-24-36-34-14-6-9-20-42(34)50-44(36)28-31/h1-28H. The first-order chi connectivity index (χ1) is 24.8. The van der Waals surface area contributed by atoms with Gasteiger partial charge in [0.25, 0.3) is 0 Å². The van der Waals surface area contributed by atoms with Gasteiger partial charge < -0.3 is 18.1 Å². The molecule has 50 heavy (non-hydrogen) atoms. The number of aromatic nitrogens is 1. The first kappa shape index (κ1) is 27.2.